The molecule has 1 aliphatic rings. The minimum Gasteiger partial charge on any atom is -0.315 e. The van der Waals surface area contributed by atoms with Crippen molar-refractivity contribution in [1.82, 2.24) is 10.2 Å². The lowest BCUT2D eigenvalue weighted by atomic mass is 10.1. The van der Waals surface area contributed by atoms with Crippen molar-refractivity contribution in [2.75, 3.05) is 26.2 Å². The Bertz CT molecular complexity index is 570. The fourth-order valence-electron chi connectivity index (χ4n) is 2.83. The van der Waals surface area contributed by atoms with Gasteiger partial charge in [0.05, 0.1) is 10.4 Å². The van der Waals surface area contributed by atoms with Crippen molar-refractivity contribution in [2.45, 2.75) is 25.8 Å². The van der Waals surface area contributed by atoms with Gasteiger partial charge in [0.15, 0.2) is 0 Å². The molecule has 1 N–H and O–H groups in total. The summed E-state index contributed by atoms with van der Waals surface area (Å²) < 4.78 is 0.884. The molecule has 1 fully saturated rings. The Hall–Kier alpha value is -0.390. The Morgan fingerprint density at radius 2 is 1.95 bits per heavy atom. The molecule has 0 bridgehead atoms. The first-order chi connectivity index (χ1) is 10.3. The van der Waals surface area contributed by atoms with E-state index in [4.69, 9.17) is 11.6 Å². The van der Waals surface area contributed by atoms with E-state index in [-0.39, 0.29) is 0 Å². The van der Waals surface area contributed by atoms with Crippen molar-refractivity contribution in [1.29, 1.82) is 0 Å². The van der Waals surface area contributed by atoms with Crippen LogP contribution in [0.15, 0.2) is 24.3 Å². The topological polar surface area (TPSA) is 15.3 Å². The highest BCUT2D eigenvalue weighted by Gasteiger charge is 2.25. The first kappa shape index (κ1) is 15.5. The summed E-state index contributed by atoms with van der Waals surface area (Å²) in [5.41, 5.74) is 0. The summed E-state index contributed by atoms with van der Waals surface area (Å²) in [4.78, 5) is 6.89. The molecule has 0 radical (unpaired) electrons. The summed E-state index contributed by atoms with van der Waals surface area (Å²) in [6.07, 6.45) is 2.33. The Morgan fingerprint density at radius 1 is 1.14 bits per heavy atom. The molecule has 114 valence electrons. The van der Waals surface area contributed by atoms with E-state index in [1.54, 1.807) is 11.3 Å². The summed E-state index contributed by atoms with van der Waals surface area (Å²) in [5.74, 6) is 0. The molecule has 3 rings (SSSR count). The van der Waals surface area contributed by atoms with E-state index in [0.29, 0.717) is 6.04 Å². The standard InChI is InChI=1S/C16H21ClN2S2/c1-2-12-4-5-13(20-12)16(14-6-7-15(17)21-14)19-10-3-8-18-9-11-19/h4-7,16,18H,2-3,8-11H2,1H3. The van der Waals surface area contributed by atoms with Gasteiger partial charge in [0, 0.05) is 34.3 Å². The molecule has 21 heavy (non-hydrogen) atoms. The Balaban J connectivity index is 1.93. The molecule has 2 aromatic heterocycles. The predicted octanol–water partition coefficient (Wildman–Crippen LogP) is 4.41. The highest BCUT2D eigenvalue weighted by Crippen LogP contribution is 2.38. The number of thiophene rings is 2. The molecule has 2 nitrogen and oxygen atoms in total. The van der Waals surface area contributed by atoms with Gasteiger partial charge in [0.1, 0.15) is 0 Å². The normalized spacial score (nSPS) is 18.6. The number of rotatable bonds is 4. The van der Waals surface area contributed by atoms with E-state index >= 15 is 0 Å². The van der Waals surface area contributed by atoms with Crippen molar-refractivity contribution in [3.8, 4) is 0 Å². The summed E-state index contributed by atoms with van der Waals surface area (Å²) in [6.45, 7) is 6.66. The minimum absolute atomic E-state index is 0.368. The number of hydrogen-bond acceptors (Lipinski definition) is 4. The van der Waals surface area contributed by atoms with Crippen LogP contribution in [0.25, 0.3) is 0 Å². The molecule has 5 heteroatoms. The fourth-order valence-corrected chi connectivity index (χ4v) is 5.23. The highest BCUT2D eigenvalue weighted by molar-refractivity contribution is 7.16. The van der Waals surface area contributed by atoms with Crippen LogP contribution < -0.4 is 5.32 Å². The van der Waals surface area contributed by atoms with Gasteiger partial charge in [0.25, 0.3) is 0 Å². The zero-order valence-electron chi connectivity index (χ0n) is 12.3. The second-order valence-corrected chi connectivity index (χ2v) is 8.29. The second-order valence-electron chi connectivity index (χ2n) is 5.34. The van der Waals surface area contributed by atoms with Gasteiger partial charge in [-0.1, -0.05) is 18.5 Å². The van der Waals surface area contributed by atoms with Crippen LogP contribution in [0, 0.1) is 0 Å². The molecule has 0 aromatic carbocycles. The summed E-state index contributed by atoms with van der Waals surface area (Å²) in [7, 11) is 0. The largest absolute Gasteiger partial charge is 0.315 e. The molecule has 1 atom stereocenters. The second kappa shape index (κ2) is 7.25. The van der Waals surface area contributed by atoms with Crippen LogP contribution in [0.5, 0.6) is 0 Å². The van der Waals surface area contributed by atoms with Gasteiger partial charge >= 0.3 is 0 Å². The van der Waals surface area contributed by atoms with Crippen molar-refractivity contribution in [3.63, 3.8) is 0 Å². The van der Waals surface area contributed by atoms with Gasteiger partial charge in [-0.2, -0.15) is 0 Å². The highest BCUT2D eigenvalue weighted by atomic mass is 35.5. The lowest BCUT2D eigenvalue weighted by Gasteiger charge is -2.29. The number of nitrogens with zero attached hydrogens (tertiary/aromatic N) is 1. The van der Waals surface area contributed by atoms with Crippen molar-refractivity contribution in [3.05, 3.63) is 43.2 Å². The summed E-state index contributed by atoms with van der Waals surface area (Å²) >= 11 is 9.85. The smallest absolute Gasteiger partial charge is 0.0931 e. The first-order valence-electron chi connectivity index (χ1n) is 7.56. The molecule has 0 amide bonds. The van der Waals surface area contributed by atoms with Gasteiger partial charge in [-0.25, -0.2) is 0 Å². The number of nitrogens with one attached hydrogen (secondary N) is 1. The molecular formula is C16H21ClN2S2. The third-order valence-corrected chi connectivity index (χ3v) is 6.47. The lowest BCUT2D eigenvalue weighted by Crippen LogP contribution is -2.32. The zero-order chi connectivity index (χ0) is 14.7. The fraction of sp³-hybridized carbons (Fsp3) is 0.500. The van der Waals surface area contributed by atoms with Crippen molar-refractivity contribution >= 4 is 34.3 Å². The molecule has 0 spiro atoms. The van der Waals surface area contributed by atoms with E-state index in [1.165, 1.54) is 21.1 Å². The van der Waals surface area contributed by atoms with Gasteiger partial charge in [-0.05, 0) is 43.7 Å². The third-order valence-electron chi connectivity index (χ3n) is 3.90. The van der Waals surface area contributed by atoms with Gasteiger partial charge < -0.3 is 5.32 Å². The van der Waals surface area contributed by atoms with Crippen molar-refractivity contribution < 1.29 is 0 Å². The molecule has 1 aliphatic heterocycles. The molecule has 1 saturated heterocycles. The SMILES string of the molecule is CCc1ccc(C(c2ccc(Cl)s2)N2CCCNCC2)s1. The van der Waals surface area contributed by atoms with Crippen LogP contribution in [0.3, 0.4) is 0 Å². The average Bonchev–Trinajstić information content (AvgIpc) is 3.03. The van der Waals surface area contributed by atoms with Gasteiger partial charge in [0.2, 0.25) is 0 Å². The van der Waals surface area contributed by atoms with Crippen LogP contribution in [-0.4, -0.2) is 31.1 Å². The Kier molecular flexibility index (Phi) is 5.35. The lowest BCUT2D eigenvalue weighted by molar-refractivity contribution is 0.247. The summed E-state index contributed by atoms with van der Waals surface area (Å²) in [6, 6.07) is 9.17. The van der Waals surface area contributed by atoms with E-state index in [0.717, 1.165) is 36.9 Å². The quantitative estimate of drug-likeness (QED) is 0.886. The van der Waals surface area contributed by atoms with E-state index in [9.17, 15) is 0 Å². The van der Waals surface area contributed by atoms with E-state index < -0.39 is 0 Å². The Morgan fingerprint density at radius 3 is 2.67 bits per heavy atom. The van der Waals surface area contributed by atoms with Gasteiger partial charge in [-0.15, -0.1) is 22.7 Å². The van der Waals surface area contributed by atoms with Crippen LogP contribution in [0.4, 0.5) is 0 Å². The van der Waals surface area contributed by atoms with E-state index in [2.05, 4.69) is 35.3 Å². The van der Waals surface area contributed by atoms with Crippen molar-refractivity contribution in [2.24, 2.45) is 0 Å². The number of aryl methyl sites for hydroxylation is 1. The molecule has 3 heterocycles. The van der Waals surface area contributed by atoms with E-state index in [1.807, 2.05) is 17.4 Å². The maximum atomic E-state index is 6.19. The van der Waals surface area contributed by atoms with Crippen LogP contribution >= 0.6 is 34.3 Å². The molecular weight excluding hydrogens is 320 g/mol. The maximum Gasteiger partial charge on any atom is 0.0931 e. The third kappa shape index (κ3) is 3.69. The zero-order valence-corrected chi connectivity index (χ0v) is 14.7. The predicted molar refractivity (Wildman–Crippen MR) is 93.9 cm³/mol. The monoisotopic (exact) mass is 340 g/mol. The molecule has 1 unspecified atom stereocenters. The summed E-state index contributed by atoms with van der Waals surface area (Å²) in [5, 5.41) is 3.50. The first-order valence-corrected chi connectivity index (χ1v) is 9.57. The van der Waals surface area contributed by atoms with Crippen LogP contribution in [0.2, 0.25) is 4.34 Å². The molecule has 0 saturated carbocycles. The molecule has 0 aliphatic carbocycles. The van der Waals surface area contributed by atoms with Crippen LogP contribution in [-0.2, 0) is 6.42 Å². The molecule has 2 aromatic rings. The number of hydrogen-bond donors (Lipinski definition) is 1. The Labute approximate surface area is 139 Å². The van der Waals surface area contributed by atoms with Gasteiger partial charge in [-0.3, -0.25) is 4.90 Å². The number of halogens is 1. The average molecular weight is 341 g/mol. The minimum atomic E-state index is 0.368. The maximum absolute atomic E-state index is 6.19. The van der Waals surface area contributed by atoms with Crippen LogP contribution in [0.1, 0.15) is 34.0 Å².